The summed E-state index contributed by atoms with van der Waals surface area (Å²) in [6.07, 6.45) is 0. The van der Waals surface area contributed by atoms with Crippen molar-refractivity contribution in [1.82, 2.24) is 5.32 Å². The molecule has 0 heterocycles. The summed E-state index contributed by atoms with van der Waals surface area (Å²) in [5.41, 5.74) is 2.43. The van der Waals surface area contributed by atoms with Crippen molar-refractivity contribution in [1.29, 1.82) is 0 Å². The molecular weight excluding hydrogens is 188 g/mol. The van der Waals surface area contributed by atoms with Gasteiger partial charge in [0.05, 0.1) is 6.54 Å². The second-order valence-electron chi connectivity index (χ2n) is 3.29. The number of hydrogen-bond donors (Lipinski definition) is 2. The molecule has 0 atom stereocenters. The summed E-state index contributed by atoms with van der Waals surface area (Å²) in [6.45, 7) is -2.16. The fourth-order valence-corrected chi connectivity index (χ4v) is 1.32. The topological polar surface area (TPSA) is 41.1 Å². The predicted octanol–water partition coefficient (Wildman–Crippen LogP) is 1.85. The van der Waals surface area contributed by atoms with Crippen LogP contribution < -0.4 is 10.6 Å². The van der Waals surface area contributed by atoms with E-state index in [1.54, 1.807) is 0 Å². The zero-order chi connectivity index (χ0) is 15.6. The highest BCUT2D eigenvalue weighted by Crippen LogP contribution is 2.18. The minimum absolute atomic E-state index is 0.417. The van der Waals surface area contributed by atoms with Gasteiger partial charge in [-0.3, -0.25) is 4.79 Å². The number of carbonyl (C=O) groups is 1. The number of hydrogen-bond acceptors (Lipinski definition) is 2. The smallest absolute Gasteiger partial charge is 0.238 e. The summed E-state index contributed by atoms with van der Waals surface area (Å²) in [7, 11) is 0. The molecule has 0 saturated heterocycles. The van der Waals surface area contributed by atoms with Gasteiger partial charge in [0, 0.05) is 12.5 Å². The van der Waals surface area contributed by atoms with Crippen LogP contribution in [0.2, 0.25) is 0 Å². The van der Waals surface area contributed by atoms with Crippen molar-refractivity contribution in [2.24, 2.45) is 0 Å². The van der Waals surface area contributed by atoms with Gasteiger partial charge in [0.2, 0.25) is 5.91 Å². The first-order valence-corrected chi connectivity index (χ1v) is 4.66. The van der Waals surface area contributed by atoms with Gasteiger partial charge in [0.25, 0.3) is 0 Å². The lowest BCUT2D eigenvalue weighted by Crippen LogP contribution is -2.28. The molecule has 82 valence electrons. The van der Waals surface area contributed by atoms with Gasteiger partial charge in [-0.2, -0.15) is 0 Å². The third kappa shape index (κ3) is 3.36. The molecule has 3 heteroatoms. The Morgan fingerprint density at radius 3 is 2.73 bits per heavy atom. The maximum Gasteiger partial charge on any atom is 0.238 e. The minimum Gasteiger partial charge on any atom is -0.324 e. The Balaban J connectivity index is 2.66. The number of nitrogens with one attached hydrogen (secondary N) is 2. The second-order valence-corrected chi connectivity index (χ2v) is 3.29. The Hall–Kier alpha value is -1.35. The Bertz CT molecular complexity index is 479. The number of aryl methyl sites for hydroxylation is 2. The highest BCUT2D eigenvalue weighted by atomic mass is 16.1. The molecule has 1 amide bonds. The molecule has 1 aromatic rings. The number of para-hydroxylation sites is 1. The monoisotopic (exact) mass is 211 g/mol. The van der Waals surface area contributed by atoms with E-state index in [9.17, 15) is 4.79 Å². The summed E-state index contributed by atoms with van der Waals surface area (Å²) >= 11 is 0. The zero-order valence-electron chi connectivity index (χ0n) is 13.8. The lowest BCUT2D eigenvalue weighted by Gasteiger charge is -2.11. The molecule has 0 aliphatic heterocycles. The quantitative estimate of drug-likeness (QED) is 0.798. The van der Waals surface area contributed by atoms with E-state index in [1.165, 1.54) is 0 Å². The Labute approximate surface area is 97.9 Å². The van der Waals surface area contributed by atoms with Gasteiger partial charge in [-0.15, -0.1) is 0 Å². The molecule has 3 nitrogen and oxygen atoms in total. The van der Waals surface area contributed by atoms with E-state index in [4.69, 9.17) is 6.85 Å². The molecule has 0 bridgehead atoms. The number of anilines is 1. The van der Waals surface area contributed by atoms with Gasteiger partial charge < -0.3 is 10.6 Å². The van der Waals surface area contributed by atoms with Crippen LogP contribution in [0.4, 0.5) is 5.69 Å². The minimum atomic E-state index is -2.83. The van der Waals surface area contributed by atoms with Crippen molar-refractivity contribution in [3.8, 4) is 0 Å². The van der Waals surface area contributed by atoms with E-state index < -0.39 is 25.8 Å². The molecule has 1 rings (SSSR count). The number of amides is 1. The van der Waals surface area contributed by atoms with E-state index in [0.29, 0.717) is 5.69 Å². The molecule has 0 radical (unpaired) electrons. The van der Waals surface area contributed by atoms with Crippen LogP contribution in [-0.4, -0.2) is 18.9 Å². The Kier molecular flexibility index (Phi) is 2.31. The first-order chi connectivity index (χ1) is 9.04. The Morgan fingerprint density at radius 2 is 2.13 bits per heavy atom. The summed E-state index contributed by atoms with van der Waals surface area (Å²) < 4.78 is 35.8. The number of likely N-dealkylation sites (N-methyl/N-ethyl adjacent to an activating group) is 1. The van der Waals surface area contributed by atoms with Crippen molar-refractivity contribution >= 4 is 11.6 Å². The average Bonchev–Trinajstić information content (AvgIpc) is 2.30. The van der Waals surface area contributed by atoms with Crippen LogP contribution >= 0.6 is 0 Å². The highest BCUT2D eigenvalue weighted by molar-refractivity contribution is 5.93. The molecule has 1 aromatic carbocycles. The Morgan fingerprint density at radius 1 is 1.47 bits per heavy atom. The molecule has 2 N–H and O–H groups in total. The molecule has 0 aliphatic carbocycles. The molecule has 0 aliphatic rings. The third-order valence-electron chi connectivity index (χ3n) is 2.08. The van der Waals surface area contributed by atoms with Crippen LogP contribution in [0.15, 0.2) is 18.2 Å². The standard InChI is InChI=1S/C12H18N2O/c1-4-13-8-11(15)14-12-9(2)6-5-7-10(12)3/h5-7,13H,4,8H2,1-3H3,(H,14,15)/i1D3,4D2. The van der Waals surface area contributed by atoms with Crippen LogP contribution in [0.1, 0.15) is 24.8 Å². The predicted molar refractivity (Wildman–Crippen MR) is 63.1 cm³/mol. The summed E-state index contributed by atoms with van der Waals surface area (Å²) in [6, 6.07) is 5.56. The SMILES string of the molecule is [2H]C([2H])([2H])C([2H])([2H])NCC(=O)Nc1c(C)cccc1C. The first kappa shape index (κ1) is 6.28. The van der Waals surface area contributed by atoms with Crippen molar-refractivity contribution in [2.75, 3.05) is 18.4 Å². The zero-order valence-corrected chi connectivity index (χ0v) is 8.85. The normalized spacial score (nSPS) is 16.8. The molecule has 0 unspecified atom stereocenters. The van der Waals surface area contributed by atoms with Crippen molar-refractivity contribution in [3.63, 3.8) is 0 Å². The lowest BCUT2D eigenvalue weighted by molar-refractivity contribution is -0.115. The molecular formula is C12H18N2O. The van der Waals surface area contributed by atoms with Crippen molar-refractivity contribution in [3.05, 3.63) is 29.3 Å². The van der Waals surface area contributed by atoms with Crippen molar-refractivity contribution < 1.29 is 11.6 Å². The fraction of sp³-hybridized carbons (Fsp3) is 0.417. The van der Waals surface area contributed by atoms with E-state index in [-0.39, 0.29) is 0 Å². The van der Waals surface area contributed by atoms with Gasteiger partial charge >= 0.3 is 0 Å². The second kappa shape index (κ2) is 5.51. The molecule has 15 heavy (non-hydrogen) atoms. The summed E-state index contributed by atoms with van der Waals surface area (Å²) in [5, 5.41) is 4.77. The van der Waals surface area contributed by atoms with Crippen LogP contribution in [0, 0.1) is 13.8 Å². The molecule has 0 fully saturated rings. The van der Waals surface area contributed by atoms with Crippen LogP contribution in [0.5, 0.6) is 0 Å². The number of rotatable bonds is 4. The number of benzene rings is 1. The van der Waals surface area contributed by atoms with E-state index in [2.05, 4.69) is 10.6 Å². The lowest BCUT2D eigenvalue weighted by atomic mass is 10.1. The van der Waals surface area contributed by atoms with E-state index in [0.717, 1.165) is 11.1 Å². The maximum absolute atomic E-state index is 11.8. The fourth-order valence-electron chi connectivity index (χ4n) is 1.32. The molecule has 0 saturated carbocycles. The maximum atomic E-state index is 11.8. The average molecular weight is 211 g/mol. The highest BCUT2D eigenvalue weighted by Gasteiger charge is 2.05. The van der Waals surface area contributed by atoms with Gasteiger partial charge in [-0.25, -0.2) is 0 Å². The van der Waals surface area contributed by atoms with Gasteiger partial charge in [0.15, 0.2) is 0 Å². The van der Waals surface area contributed by atoms with E-state index >= 15 is 0 Å². The van der Waals surface area contributed by atoms with Gasteiger partial charge in [-0.05, 0) is 31.5 Å². The van der Waals surface area contributed by atoms with Gasteiger partial charge in [0.1, 0.15) is 0 Å². The summed E-state index contributed by atoms with van der Waals surface area (Å²) in [5.74, 6) is -0.490. The van der Waals surface area contributed by atoms with Crippen LogP contribution in [0.25, 0.3) is 0 Å². The largest absolute Gasteiger partial charge is 0.324 e. The van der Waals surface area contributed by atoms with Crippen LogP contribution in [0.3, 0.4) is 0 Å². The van der Waals surface area contributed by atoms with Gasteiger partial charge in [-0.1, -0.05) is 25.1 Å². The van der Waals surface area contributed by atoms with Crippen LogP contribution in [-0.2, 0) is 4.79 Å². The summed E-state index contributed by atoms with van der Waals surface area (Å²) in [4.78, 5) is 11.8. The number of carbonyl (C=O) groups excluding carboxylic acids is 1. The molecule has 0 aromatic heterocycles. The van der Waals surface area contributed by atoms with E-state index in [1.807, 2.05) is 32.0 Å². The van der Waals surface area contributed by atoms with Crippen molar-refractivity contribution in [2.45, 2.75) is 20.7 Å². The first-order valence-electron chi connectivity index (χ1n) is 7.16. The third-order valence-corrected chi connectivity index (χ3v) is 2.08. The molecule has 0 spiro atoms.